The lowest BCUT2D eigenvalue weighted by Gasteiger charge is -2.42. The maximum absolute atomic E-state index is 14.2. The summed E-state index contributed by atoms with van der Waals surface area (Å²) in [5, 5.41) is 9.69. The zero-order chi connectivity index (χ0) is 32.9. The van der Waals surface area contributed by atoms with Gasteiger partial charge >= 0.3 is 6.09 Å². The summed E-state index contributed by atoms with van der Waals surface area (Å²) >= 11 is 6.76. The first-order valence-corrected chi connectivity index (χ1v) is 16.2. The Bertz CT molecular complexity index is 1260. The molecule has 1 aromatic carbocycles. The zero-order valence-corrected chi connectivity index (χ0v) is 27.8. The number of carboxylic acid groups (broad SMARTS) is 1. The third-order valence-corrected chi connectivity index (χ3v) is 9.31. The van der Waals surface area contributed by atoms with Crippen molar-refractivity contribution in [1.29, 1.82) is 0 Å². The van der Waals surface area contributed by atoms with E-state index in [1.807, 2.05) is 13.8 Å². The fraction of sp³-hybridized carbons (Fsp3) is 0.688. The van der Waals surface area contributed by atoms with Crippen LogP contribution >= 0.6 is 11.6 Å². The number of likely N-dealkylation sites (tertiary alicyclic amines) is 1. The summed E-state index contributed by atoms with van der Waals surface area (Å²) in [6.45, 7) is 8.45. The van der Waals surface area contributed by atoms with Gasteiger partial charge in [0.25, 0.3) is 23.3 Å². The van der Waals surface area contributed by atoms with Crippen molar-refractivity contribution in [2.24, 2.45) is 5.92 Å². The van der Waals surface area contributed by atoms with Gasteiger partial charge < -0.3 is 38.9 Å². The molecule has 2 fully saturated rings. The highest BCUT2D eigenvalue weighted by molar-refractivity contribution is 6.34. The third kappa shape index (κ3) is 7.66. The zero-order valence-electron chi connectivity index (χ0n) is 27.1. The van der Waals surface area contributed by atoms with Crippen molar-refractivity contribution >= 4 is 41.1 Å². The van der Waals surface area contributed by atoms with Gasteiger partial charge in [0.1, 0.15) is 5.75 Å². The lowest BCUT2D eigenvalue weighted by molar-refractivity contribution is -0.155. The minimum absolute atomic E-state index is 0.120. The van der Waals surface area contributed by atoms with E-state index in [1.54, 1.807) is 30.0 Å². The number of piperidine rings is 1. The third-order valence-electron chi connectivity index (χ3n) is 9.00. The number of amides is 4. The molecule has 1 N–H and O–H groups in total. The fourth-order valence-electron chi connectivity index (χ4n) is 6.58. The van der Waals surface area contributed by atoms with Crippen molar-refractivity contribution in [3.63, 3.8) is 0 Å². The van der Waals surface area contributed by atoms with Crippen LogP contribution in [-0.2, 0) is 19.1 Å². The van der Waals surface area contributed by atoms with Gasteiger partial charge in [-0.2, -0.15) is 0 Å². The first-order valence-electron chi connectivity index (χ1n) is 15.9. The number of anilines is 1. The first kappa shape index (κ1) is 34.8. The number of methoxy groups -OCH3 is 1. The molecule has 0 bridgehead atoms. The first-order chi connectivity index (χ1) is 21.4. The molecule has 13 heteroatoms. The van der Waals surface area contributed by atoms with E-state index >= 15 is 0 Å². The Kier molecular flexibility index (Phi) is 11.6. The van der Waals surface area contributed by atoms with Gasteiger partial charge in [-0.05, 0) is 71.3 Å². The standard InChI is InChI=1S/C32H47ClN4O8/c1-21(2)37(23-9-8-12-35(20-23)31(41)42)28(38)24-17-26-27(18-25(24)33)45-32(3,30(40)36(26)13-6-7-14-43-5)29(39)34(4)19-22-10-15-44-16-11-22/h17-18,21-23H,6-16,19-20H2,1-5H3,(H,41,42)/t23-,32?/m1/s1. The number of hydrogen-bond donors (Lipinski definition) is 1. The molecule has 1 aromatic rings. The lowest BCUT2D eigenvalue weighted by Crippen LogP contribution is -2.63. The van der Waals surface area contributed by atoms with Crippen LogP contribution in [-0.4, -0.2) is 121 Å². The summed E-state index contributed by atoms with van der Waals surface area (Å²) in [5.74, 6) is -0.811. The minimum Gasteiger partial charge on any atom is -0.465 e. The number of carbonyl (C=O) groups is 4. The van der Waals surface area contributed by atoms with Gasteiger partial charge in [-0.1, -0.05) is 11.6 Å². The van der Waals surface area contributed by atoms with E-state index in [4.69, 9.17) is 25.8 Å². The van der Waals surface area contributed by atoms with Gasteiger partial charge in [-0.25, -0.2) is 4.79 Å². The summed E-state index contributed by atoms with van der Waals surface area (Å²) in [6.07, 6.45) is 3.24. The molecule has 0 saturated carbocycles. The van der Waals surface area contributed by atoms with Crippen LogP contribution in [0.2, 0.25) is 5.02 Å². The molecule has 12 nitrogen and oxygen atoms in total. The monoisotopic (exact) mass is 650 g/mol. The van der Waals surface area contributed by atoms with Crippen molar-refractivity contribution < 1.29 is 38.5 Å². The second-order valence-corrected chi connectivity index (χ2v) is 13.1. The van der Waals surface area contributed by atoms with Crippen LogP contribution in [0.1, 0.15) is 69.7 Å². The number of fused-ring (bicyclic) bond motifs is 1. The van der Waals surface area contributed by atoms with Crippen LogP contribution in [0.4, 0.5) is 10.5 Å². The molecular formula is C32H47ClN4O8. The Morgan fingerprint density at radius 1 is 1.18 bits per heavy atom. The molecule has 3 aliphatic rings. The number of rotatable bonds is 11. The van der Waals surface area contributed by atoms with Crippen molar-refractivity contribution in [3.05, 3.63) is 22.7 Å². The number of ether oxygens (including phenoxy) is 3. The highest BCUT2D eigenvalue weighted by Gasteiger charge is 2.52. The van der Waals surface area contributed by atoms with E-state index in [-0.39, 0.29) is 53.3 Å². The smallest absolute Gasteiger partial charge is 0.407 e. The Morgan fingerprint density at radius 3 is 2.53 bits per heavy atom. The van der Waals surface area contributed by atoms with Gasteiger partial charge in [0.15, 0.2) is 0 Å². The molecule has 2 atom stereocenters. The lowest BCUT2D eigenvalue weighted by atomic mass is 9.95. The van der Waals surface area contributed by atoms with E-state index < -0.39 is 23.5 Å². The Labute approximate surface area is 270 Å². The molecule has 3 heterocycles. The van der Waals surface area contributed by atoms with E-state index in [9.17, 15) is 24.3 Å². The molecule has 0 radical (unpaired) electrons. The number of hydrogen-bond acceptors (Lipinski definition) is 7. The average Bonchev–Trinajstić information content (AvgIpc) is 3.01. The van der Waals surface area contributed by atoms with Crippen LogP contribution in [0, 0.1) is 5.92 Å². The molecule has 1 unspecified atom stereocenters. The summed E-state index contributed by atoms with van der Waals surface area (Å²) in [4.78, 5) is 60.0. The molecule has 0 aromatic heterocycles. The summed E-state index contributed by atoms with van der Waals surface area (Å²) in [7, 11) is 3.30. The largest absolute Gasteiger partial charge is 0.465 e. The predicted octanol–water partition coefficient (Wildman–Crippen LogP) is 4.13. The van der Waals surface area contributed by atoms with Crippen LogP contribution < -0.4 is 9.64 Å². The number of halogens is 1. The molecule has 0 spiro atoms. The Hall–Kier alpha value is -3.09. The summed E-state index contributed by atoms with van der Waals surface area (Å²) < 4.78 is 16.9. The SMILES string of the molecule is COCCCCN1C(=O)C(C)(C(=O)N(C)CC2CCOCC2)Oc2cc(Cl)c(C(=O)N(C(C)C)[C@@H]3CCCN(C(=O)O)C3)cc21. The van der Waals surface area contributed by atoms with Crippen molar-refractivity contribution in [3.8, 4) is 5.75 Å². The van der Waals surface area contributed by atoms with Crippen LogP contribution in [0.3, 0.4) is 0 Å². The molecule has 3 aliphatic heterocycles. The second-order valence-electron chi connectivity index (χ2n) is 12.7. The average molecular weight is 651 g/mol. The molecule has 4 amide bonds. The van der Waals surface area contributed by atoms with Gasteiger partial charge in [0.05, 0.1) is 22.3 Å². The van der Waals surface area contributed by atoms with Crippen molar-refractivity contribution in [1.82, 2.24) is 14.7 Å². The number of nitrogens with zero attached hydrogens (tertiary/aromatic N) is 4. The summed E-state index contributed by atoms with van der Waals surface area (Å²) in [5.41, 5.74) is -1.28. The molecular weight excluding hydrogens is 604 g/mol. The molecule has 0 aliphatic carbocycles. The number of carbonyl (C=O) groups excluding carboxylic acids is 3. The maximum atomic E-state index is 14.2. The summed E-state index contributed by atoms with van der Waals surface area (Å²) in [6, 6.07) is 2.51. The second kappa shape index (κ2) is 15.0. The highest BCUT2D eigenvalue weighted by Crippen LogP contribution is 2.42. The number of likely N-dealkylation sites (N-methyl/N-ethyl adjacent to an activating group) is 1. The van der Waals surface area contributed by atoms with Crippen LogP contribution in [0.15, 0.2) is 12.1 Å². The number of benzene rings is 1. The van der Waals surface area contributed by atoms with E-state index in [0.29, 0.717) is 64.3 Å². The topological polar surface area (TPSA) is 129 Å². The molecule has 45 heavy (non-hydrogen) atoms. The maximum Gasteiger partial charge on any atom is 0.407 e. The Morgan fingerprint density at radius 2 is 1.89 bits per heavy atom. The van der Waals surface area contributed by atoms with E-state index in [0.717, 1.165) is 12.8 Å². The minimum atomic E-state index is -1.82. The highest BCUT2D eigenvalue weighted by atomic mass is 35.5. The van der Waals surface area contributed by atoms with Crippen LogP contribution in [0.25, 0.3) is 0 Å². The fourth-order valence-corrected chi connectivity index (χ4v) is 6.82. The normalized spacial score (nSPS) is 22.2. The molecule has 2 saturated heterocycles. The quantitative estimate of drug-likeness (QED) is 0.280. The van der Waals surface area contributed by atoms with Gasteiger partial charge in [0, 0.05) is 72.3 Å². The number of unbranched alkanes of at least 4 members (excludes halogenated alkanes) is 1. The van der Waals surface area contributed by atoms with Crippen molar-refractivity contribution in [2.45, 2.75) is 77.0 Å². The molecule has 250 valence electrons. The van der Waals surface area contributed by atoms with E-state index in [1.165, 1.54) is 22.8 Å². The van der Waals surface area contributed by atoms with Gasteiger partial charge in [-0.3, -0.25) is 14.4 Å². The Balaban J connectivity index is 1.67. The van der Waals surface area contributed by atoms with Gasteiger partial charge in [-0.15, -0.1) is 0 Å². The predicted molar refractivity (Wildman–Crippen MR) is 169 cm³/mol. The molecule has 4 rings (SSSR count). The van der Waals surface area contributed by atoms with Crippen LogP contribution in [0.5, 0.6) is 5.75 Å². The van der Waals surface area contributed by atoms with E-state index in [2.05, 4.69) is 0 Å². The van der Waals surface area contributed by atoms with Crippen molar-refractivity contribution in [2.75, 3.05) is 65.1 Å². The van der Waals surface area contributed by atoms with Gasteiger partial charge in [0.2, 0.25) is 0 Å².